The van der Waals surface area contributed by atoms with E-state index in [0.29, 0.717) is 6.42 Å². The van der Waals surface area contributed by atoms with Gasteiger partial charge in [0.2, 0.25) is 0 Å². The fraction of sp³-hybridized carbons (Fsp3) is 0.368. The molecular weight excluding hydrogens is 260 g/mol. The van der Waals surface area contributed by atoms with Crippen molar-refractivity contribution in [2.75, 3.05) is 7.11 Å². The van der Waals surface area contributed by atoms with Crippen molar-refractivity contribution in [1.82, 2.24) is 0 Å². The van der Waals surface area contributed by atoms with Crippen molar-refractivity contribution < 1.29 is 9.84 Å². The van der Waals surface area contributed by atoms with Crippen LogP contribution in [0.2, 0.25) is 0 Å². The van der Waals surface area contributed by atoms with E-state index >= 15 is 0 Å². The first-order chi connectivity index (χ1) is 10.3. The molecule has 0 aliphatic heterocycles. The first-order valence-corrected chi connectivity index (χ1v) is 7.69. The van der Waals surface area contributed by atoms with E-state index in [1.807, 2.05) is 24.3 Å². The van der Waals surface area contributed by atoms with Crippen LogP contribution >= 0.6 is 0 Å². The number of aliphatic hydroxyl groups is 1. The van der Waals surface area contributed by atoms with Crippen LogP contribution in [0.4, 0.5) is 0 Å². The molecule has 110 valence electrons. The van der Waals surface area contributed by atoms with Gasteiger partial charge in [0.15, 0.2) is 0 Å². The van der Waals surface area contributed by atoms with Gasteiger partial charge >= 0.3 is 0 Å². The van der Waals surface area contributed by atoms with Gasteiger partial charge in [0.05, 0.1) is 13.2 Å². The van der Waals surface area contributed by atoms with Crippen LogP contribution in [0.25, 0.3) is 0 Å². The molecule has 0 amide bonds. The Morgan fingerprint density at radius 1 is 1.05 bits per heavy atom. The summed E-state index contributed by atoms with van der Waals surface area (Å²) in [7, 11) is 1.67. The Kier molecular flexibility index (Phi) is 4.26. The zero-order chi connectivity index (χ0) is 14.7. The molecule has 2 nitrogen and oxygen atoms in total. The van der Waals surface area contributed by atoms with Crippen molar-refractivity contribution in [3.05, 3.63) is 64.7 Å². The highest BCUT2D eigenvalue weighted by molar-refractivity contribution is 5.37. The summed E-state index contributed by atoms with van der Waals surface area (Å²) in [6, 6.07) is 14.3. The molecule has 0 saturated heterocycles. The van der Waals surface area contributed by atoms with Crippen molar-refractivity contribution >= 4 is 0 Å². The third kappa shape index (κ3) is 3.11. The van der Waals surface area contributed by atoms with Crippen LogP contribution < -0.4 is 4.74 Å². The Balaban J connectivity index is 1.80. The van der Waals surface area contributed by atoms with Crippen LogP contribution in [0.1, 0.15) is 41.2 Å². The molecule has 2 heteroatoms. The minimum absolute atomic E-state index is 0.478. The van der Waals surface area contributed by atoms with E-state index in [-0.39, 0.29) is 0 Å². The number of para-hydroxylation sites is 1. The standard InChI is InChI=1S/C19H22O2/c1-21-19-9-5-4-8-17(19)13-18(20)16-11-10-14-6-2-3-7-15(14)12-16/h4-5,8-12,18,20H,2-3,6-7,13H2,1H3. The maximum absolute atomic E-state index is 10.5. The normalized spacial score (nSPS) is 15.3. The predicted octanol–water partition coefficient (Wildman–Crippen LogP) is 3.85. The zero-order valence-corrected chi connectivity index (χ0v) is 12.5. The van der Waals surface area contributed by atoms with Gasteiger partial charge in [-0.2, -0.15) is 0 Å². The number of aliphatic hydroxyl groups excluding tert-OH is 1. The molecule has 1 aliphatic rings. The van der Waals surface area contributed by atoms with E-state index in [0.717, 1.165) is 23.3 Å². The van der Waals surface area contributed by atoms with Gasteiger partial charge in [-0.25, -0.2) is 0 Å². The largest absolute Gasteiger partial charge is 0.496 e. The number of hydrogen-bond acceptors (Lipinski definition) is 2. The van der Waals surface area contributed by atoms with E-state index in [4.69, 9.17) is 4.74 Å². The average molecular weight is 282 g/mol. The summed E-state index contributed by atoms with van der Waals surface area (Å²) in [5, 5.41) is 10.5. The summed E-state index contributed by atoms with van der Waals surface area (Å²) in [6.07, 6.45) is 4.98. The summed E-state index contributed by atoms with van der Waals surface area (Å²) < 4.78 is 5.36. The molecule has 0 aromatic heterocycles. The van der Waals surface area contributed by atoms with Crippen LogP contribution in [0, 0.1) is 0 Å². The summed E-state index contributed by atoms with van der Waals surface area (Å²) >= 11 is 0. The number of ether oxygens (including phenoxy) is 1. The highest BCUT2D eigenvalue weighted by atomic mass is 16.5. The summed E-state index contributed by atoms with van der Waals surface area (Å²) in [4.78, 5) is 0. The highest BCUT2D eigenvalue weighted by Gasteiger charge is 2.15. The smallest absolute Gasteiger partial charge is 0.122 e. The molecule has 21 heavy (non-hydrogen) atoms. The Labute approximate surface area is 126 Å². The molecule has 1 N–H and O–H groups in total. The lowest BCUT2D eigenvalue weighted by Crippen LogP contribution is -2.07. The minimum Gasteiger partial charge on any atom is -0.496 e. The number of benzene rings is 2. The van der Waals surface area contributed by atoms with E-state index in [1.165, 1.54) is 30.4 Å². The van der Waals surface area contributed by atoms with Gasteiger partial charge in [-0.1, -0.05) is 36.4 Å². The summed E-state index contributed by atoms with van der Waals surface area (Å²) in [5.74, 6) is 0.842. The molecule has 3 rings (SSSR count). The van der Waals surface area contributed by atoms with Crippen molar-refractivity contribution in [3.8, 4) is 5.75 Å². The lowest BCUT2D eigenvalue weighted by Gasteiger charge is -2.19. The molecule has 1 atom stereocenters. The Morgan fingerprint density at radius 3 is 2.62 bits per heavy atom. The first-order valence-electron chi connectivity index (χ1n) is 7.69. The quantitative estimate of drug-likeness (QED) is 0.923. The first kappa shape index (κ1) is 14.2. The van der Waals surface area contributed by atoms with Crippen molar-refractivity contribution in [2.24, 2.45) is 0 Å². The third-order valence-electron chi connectivity index (χ3n) is 4.36. The van der Waals surface area contributed by atoms with Crippen LogP contribution in [0.15, 0.2) is 42.5 Å². The number of methoxy groups -OCH3 is 1. The molecule has 0 spiro atoms. The van der Waals surface area contributed by atoms with Crippen LogP contribution in [0.5, 0.6) is 5.75 Å². The van der Waals surface area contributed by atoms with Crippen molar-refractivity contribution in [1.29, 1.82) is 0 Å². The van der Waals surface area contributed by atoms with Crippen LogP contribution in [-0.4, -0.2) is 12.2 Å². The van der Waals surface area contributed by atoms with Gasteiger partial charge in [0, 0.05) is 6.42 Å². The number of rotatable bonds is 4. The highest BCUT2D eigenvalue weighted by Crippen LogP contribution is 2.28. The van der Waals surface area contributed by atoms with E-state index in [1.54, 1.807) is 7.11 Å². The van der Waals surface area contributed by atoms with Gasteiger partial charge in [-0.15, -0.1) is 0 Å². The fourth-order valence-electron chi connectivity index (χ4n) is 3.16. The molecule has 1 aliphatic carbocycles. The van der Waals surface area contributed by atoms with Gasteiger partial charge < -0.3 is 9.84 Å². The van der Waals surface area contributed by atoms with Gasteiger partial charge in [0.1, 0.15) is 5.75 Å². The number of fused-ring (bicyclic) bond motifs is 1. The topological polar surface area (TPSA) is 29.5 Å². The van der Waals surface area contributed by atoms with E-state index in [9.17, 15) is 5.11 Å². The number of hydrogen-bond donors (Lipinski definition) is 1. The second-order valence-corrected chi connectivity index (χ2v) is 5.77. The molecule has 0 heterocycles. The zero-order valence-electron chi connectivity index (χ0n) is 12.5. The monoisotopic (exact) mass is 282 g/mol. The van der Waals surface area contributed by atoms with Crippen LogP contribution in [0.3, 0.4) is 0 Å². The fourth-order valence-corrected chi connectivity index (χ4v) is 3.16. The maximum atomic E-state index is 10.5. The molecule has 0 fully saturated rings. The van der Waals surface area contributed by atoms with Gasteiger partial charge in [0.25, 0.3) is 0 Å². The summed E-state index contributed by atoms with van der Waals surface area (Å²) in [5.41, 5.74) is 4.93. The average Bonchev–Trinajstić information content (AvgIpc) is 2.55. The Bertz CT molecular complexity index is 619. The Hall–Kier alpha value is -1.80. The van der Waals surface area contributed by atoms with Crippen LogP contribution in [-0.2, 0) is 19.3 Å². The summed E-state index contributed by atoms with van der Waals surface area (Å²) in [6.45, 7) is 0. The van der Waals surface area contributed by atoms with Crippen molar-refractivity contribution in [3.63, 3.8) is 0 Å². The molecular formula is C19H22O2. The van der Waals surface area contributed by atoms with E-state index < -0.39 is 6.10 Å². The van der Waals surface area contributed by atoms with Gasteiger partial charge in [-0.05, 0) is 54.0 Å². The SMILES string of the molecule is COc1ccccc1CC(O)c1ccc2c(c1)CCCC2. The molecule has 2 aromatic rings. The number of aryl methyl sites for hydroxylation is 2. The third-order valence-corrected chi connectivity index (χ3v) is 4.36. The maximum Gasteiger partial charge on any atom is 0.122 e. The molecule has 2 aromatic carbocycles. The van der Waals surface area contributed by atoms with E-state index in [2.05, 4.69) is 18.2 Å². The second kappa shape index (κ2) is 6.31. The van der Waals surface area contributed by atoms with Crippen molar-refractivity contribution in [2.45, 2.75) is 38.2 Å². The Morgan fingerprint density at radius 2 is 1.81 bits per heavy atom. The lowest BCUT2D eigenvalue weighted by molar-refractivity contribution is 0.177. The lowest BCUT2D eigenvalue weighted by atomic mass is 9.88. The predicted molar refractivity (Wildman–Crippen MR) is 84.7 cm³/mol. The molecule has 0 saturated carbocycles. The minimum atomic E-state index is -0.478. The van der Waals surface area contributed by atoms with Gasteiger partial charge in [-0.3, -0.25) is 0 Å². The molecule has 0 bridgehead atoms. The molecule has 1 unspecified atom stereocenters. The molecule has 0 radical (unpaired) electrons. The second-order valence-electron chi connectivity index (χ2n) is 5.77.